The van der Waals surface area contributed by atoms with Crippen molar-refractivity contribution in [1.29, 1.82) is 0 Å². The number of benzene rings is 1. The summed E-state index contributed by atoms with van der Waals surface area (Å²) < 4.78 is 10.5. The van der Waals surface area contributed by atoms with E-state index in [1.165, 1.54) is 6.42 Å². The van der Waals surface area contributed by atoms with Crippen molar-refractivity contribution in [3.63, 3.8) is 0 Å². The zero-order valence-corrected chi connectivity index (χ0v) is 18.1. The van der Waals surface area contributed by atoms with Gasteiger partial charge in [0.25, 0.3) is 5.91 Å². The van der Waals surface area contributed by atoms with Gasteiger partial charge in [0.05, 0.1) is 14.2 Å². The first-order chi connectivity index (χ1) is 13.6. The van der Waals surface area contributed by atoms with Gasteiger partial charge in [-0.25, -0.2) is 0 Å². The number of nitrogens with zero attached hydrogens (tertiary/aromatic N) is 1. The number of nitrogens with one attached hydrogen (secondary N) is 2. The van der Waals surface area contributed by atoms with Gasteiger partial charge in [0.15, 0.2) is 11.5 Å². The molecule has 162 valence electrons. The van der Waals surface area contributed by atoms with Crippen LogP contribution in [0.5, 0.6) is 11.5 Å². The minimum absolute atomic E-state index is 0. The summed E-state index contributed by atoms with van der Waals surface area (Å²) in [6.07, 6.45) is 4.29. The maximum Gasteiger partial charge on any atom is 0.253 e. The molecule has 29 heavy (non-hydrogen) atoms. The number of ether oxygens (including phenoxy) is 2. The Morgan fingerprint density at radius 3 is 2.48 bits per heavy atom. The Morgan fingerprint density at radius 1 is 1.14 bits per heavy atom. The van der Waals surface area contributed by atoms with Crippen LogP contribution in [0.2, 0.25) is 0 Å². The molecule has 0 aliphatic carbocycles. The average Bonchev–Trinajstić information content (AvgIpc) is 3.25. The first-order valence-electron chi connectivity index (χ1n) is 10.1. The van der Waals surface area contributed by atoms with E-state index in [-0.39, 0.29) is 30.3 Å². The molecule has 7 nitrogen and oxygen atoms in total. The molecule has 2 amide bonds. The Balaban J connectivity index is 0.00000300. The number of carbonyl (C=O) groups is 2. The van der Waals surface area contributed by atoms with Crippen LogP contribution in [-0.4, -0.2) is 63.2 Å². The number of hydrogen-bond acceptors (Lipinski definition) is 5. The van der Waals surface area contributed by atoms with E-state index in [1.807, 2.05) is 4.90 Å². The lowest BCUT2D eigenvalue weighted by atomic mass is 10.0. The molecule has 0 spiro atoms. The molecule has 2 fully saturated rings. The van der Waals surface area contributed by atoms with E-state index in [2.05, 4.69) is 10.6 Å². The summed E-state index contributed by atoms with van der Waals surface area (Å²) >= 11 is 0. The van der Waals surface area contributed by atoms with Gasteiger partial charge in [0.1, 0.15) is 0 Å². The van der Waals surface area contributed by atoms with Crippen molar-refractivity contribution in [3.8, 4) is 11.5 Å². The Morgan fingerprint density at radius 2 is 1.86 bits per heavy atom. The summed E-state index contributed by atoms with van der Waals surface area (Å²) in [6, 6.07) is 5.38. The molecule has 2 aliphatic rings. The van der Waals surface area contributed by atoms with Crippen LogP contribution in [0.25, 0.3) is 0 Å². The Kier molecular flexibility index (Phi) is 9.04. The standard InChI is InChI=1S/C21H31N3O4.ClH/c1-27-18-5-4-16(13-19(18)28-2)21(26)24-11-8-17(9-12-24)23-20(25)6-3-15-7-10-22-14-15;/h4-5,13,15,17,22H,3,6-12,14H2,1-2H3,(H,23,25);1H. The largest absolute Gasteiger partial charge is 0.493 e. The van der Waals surface area contributed by atoms with Gasteiger partial charge in [0, 0.05) is 31.1 Å². The van der Waals surface area contributed by atoms with Crippen LogP contribution in [0.15, 0.2) is 18.2 Å². The fraction of sp³-hybridized carbons (Fsp3) is 0.619. The highest BCUT2D eigenvalue weighted by Crippen LogP contribution is 2.28. The normalized spacial score (nSPS) is 19.4. The zero-order chi connectivity index (χ0) is 19.9. The molecule has 1 unspecified atom stereocenters. The number of piperidine rings is 1. The van der Waals surface area contributed by atoms with Crippen LogP contribution >= 0.6 is 12.4 Å². The minimum Gasteiger partial charge on any atom is -0.493 e. The van der Waals surface area contributed by atoms with Gasteiger partial charge in [0.2, 0.25) is 5.91 Å². The molecular weight excluding hydrogens is 394 g/mol. The number of methoxy groups -OCH3 is 2. The number of likely N-dealkylation sites (tertiary alicyclic amines) is 1. The Hall–Kier alpha value is -1.99. The molecule has 1 aromatic carbocycles. The number of rotatable bonds is 7. The van der Waals surface area contributed by atoms with Gasteiger partial charge in [-0.15, -0.1) is 12.4 Å². The van der Waals surface area contributed by atoms with Crippen molar-refractivity contribution in [2.45, 2.75) is 38.1 Å². The average molecular weight is 426 g/mol. The lowest BCUT2D eigenvalue weighted by molar-refractivity contribution is -0.122. The first kappa shape index (κ1) is 23.3. The lowest BCUT2D eigenvalue weighted by Crippen LogP contribution is -2.46. The van der Waals surface area contributed by atoms with Gasteiger partial charge in [-0.2, -0.15) is 0 Å². The quantitative estimate of drug-likeness (QED) is 0.700. The molecule has 0 saturated carbocycles. The second-order valence-electron chi connectivity index (χ2n) is 7.60. The van der Waals surface area contributed by atoms with Crippen LogP contribution in [-0.2, 0) is 4.79 Å². The lowest BCUT2D eigenvalue weighted by Gasteiger charge is -2.32. The van der Waals surface area contributed by atoms with Gasteiger partial charge in [-0.3, -0.25) is 9.59 Å². The van der Waals surface area contributed by atoms with Crippen molar-refractivity contribution in [2.24, 2.45) is 5.92 Å². The molecule has 2 N–H and O–H groups in total. The van der Waals surface area contributed by atoms with Crippen LogP contribution in [0, 0.1) is 5.92 Å². The molecule has 2 saturated heterocycles. The fourth-order valence-electron chi connectivity index (χ4n) is 3.97. The van der Waals surface area contributed by atoms with E-state index in [9.17, 15) is 9.59 Å². The van der Waals surface area contributed by atoms with Crippen molar-refractivity contribution < 1.29 is 19.1 Å². The molecular formula is C21H32ClN3O4. The second kappa shape index (κ2) is 11.3. The summed E-state index contributed by atoms with van der Waals surface area (Å²) in [7, 11) is 3.13. The maximum absolute atomic E-state index is 12.8. The predicted molar refractivity (Wildman–Crippen MR) is 114 cm³/mol. The third-order valence-electron chi connectivity index (χ3n) is 5.72. The summed E-state index contributed by atoms with van der Waals surface area (Å²) in [5.41, 5.74) is 0.588. The molecule has 1 aromatic rings. The molecule has 0 radical (unpaired) electrons. The summed E-state index contributed by atoms with van der Waals surface area (Å²) in [5, 5.41) is 6.48. The van der Waals surface area contributed by atoms with Crippen LogP contribution in [0.4, 0.5) is 0 Å². The fourth-order valence-corrected chi connectivity index (χ4v) is 3.97. The van der Waals surface area contributed by atoms with Gasteiger partial charge in [-0.1, -0.05) is 0 Å². The smallest absolute Gasteiger partial charge is 0.253 e. The molecule has 0 bridgehead atoms. The summed E-state index contributed by atoms with van der Waals surface area (Å²) in [4.78, 5) is 26.8. The van der Waals surface area contributed by atoms with E-state index in [0.717, 1.165) is 32.4 Å². The number of hydrogen-bond donors (Lipinski definition) is 2. The third kappa shape index (κ3) is 6.24. The van der Waals surface area contributed by atoms with Gasteiger partial charge < -0.3 is 25.0 Å². The molecule has 2 aliphatic heterocycles. The van der Waals surface area contributed by atoms with E-state index in [4.69, 9.17) is 9.47 Å². The monoisotopic (exact) mass is 425 g/mol. The first-order valence-corrected chi connectivity index (χ1v) is 10.1. The molecule has 1 atom stereocenters. The van der Waals surface area contributed by atoms with Gasteiger partial charge >= 0.3 is 0 Å². The van der Waals surface area contributed by atoms with Crippen molar-refractivity contribution in [2.75, 3.05) is 40.4 Å². The van der Waals surface area contributed by atoms with Gasteiger partial charge in [-0.05, 0) is 62.9 Å². The number of halogens is 1. The SMILES string of the molecule is COc1ccc(C(=O)N2CCC(NC(=O)CCC3CCNC3)CC2)cc1OC.Cl. The Labute approximate surface area is 178 Å². The third-order valence-corrected chi connectivity index (χ3v) is 5.72. The highest BCUT2D eigenvalue weighted by Gasteiger charge is 2.25. The molecule has 8 heteroatoms. The van der Waals surface area contributed by atoms with E-state index in [0.29, 0.717) is 42.5 Å². The maximum atomic E-state index is 12.8. The van der Waals surface area contributed by atoms with Crippen LogP contribution < -0.4 is 20.1 Å². The van der Waals surface area contributed by atoms with Crippen molar-refractivity contribution in [1.82, 2.24) is 15.5 Å². The van der Waals surface area contributed by atoms with Crippen molar-refractivity contribution >= 4 is 24.2 Å². The summed E-state index contributed by atoms with van der Waals surface area (Å²) in [5.74, 6) is 1.91. The number of amides is 2. The zero-order valence-electron chi connectivity index (χ0n) is 17.2. The summed E-state index contributed by atoms with van der Waals surface area (Å²) in [6.45, 7) is 3.39. The molecule has 3 rings (SSSR count). The highest BCUT2D eigenvalue weighted by molar-refractivity contribution is 5.95. The number of carbonyl (C=O) groups excluding carboxylic acids is 2. The minimum atomic E-state index is -0.0144. The second-order valence-corrected chi connectivity index (χ2v) is 7.60. The molecule has 0 aromatic heterocycles. The van der Waals surface area contributed by atoms with E-state index >= 15 is 0 Å². The van der Waals surface area contributed by atoms with Crippen LogP contribution in [0.1, 0.15) is 42.5 Å². The highest BCUT2D eigenvalue weighted by atomic mass is 35.5. The van der Waals surface area contributed by atoms with E-state index in [1.54, 1.807) is 32.4 Å². The molecule has 2 heterocycles. The predicted octanol–water partition coefficient (Wildman–Crippen LogP) is 2.24. The Bertz CT molecular complexity index is 687. The van der Waals surface area contributed by atoms with Crippen LogP contribution in [0.3, 0.4) is 0 Å². The van der Waals surface area contributed by atoms with Crippen molar-refractivity contribution in [3.05, 3.63) is 23.8 Å². The van der Waals surface area contributed by atoms with E-state index < -0.39 is 0 Å². The topological polar surface area (TPSA) is 79.9 Å².